The molecule has 122 valence electrons. The fourth-order valence-electron chi connectivity index (χ4n) is 3.08. The number of aromatic amines is 1. The molecule has 1 aromatic heterocycles. The van der Waals surface area contributed by atoms with E-state index in [0.717, 1.165) is 22.9 Å². The van der Waals surface area contributed by atoms with Crippen molar-refractivity contribution in [3.63, 3.8) is 0 Å². The Labute approximate surface area is 133 Å². The zero-order valence-corrected chi connectivity index (χ0v) is 13.0. The number of ketones is 1. The standard InChI is InChI=1S/C17H19FN2O3/c1-23-17(22)14-10-20(7-5-16(14)21)6-4-11-9-19-15-3-2-12(18)8-13(11)15/h2-3,8-9,14,19H,4-7,10H2,1H3. The molecule has 1 fully saturated rings. The van der Waals surface area contributed by atoms with E-state index in [2.05, 4.69) is 9.88 Å². The molecule has 1 saturated heterocycles. The van der Waals surface area contributed by atoms with Crippen LogP contribution in [0.4, 0.5) is 4.39 Å². The second-order valence-corrected chi connectivity index (χ2v) is 5.85. The van der Waals surface area contributed by atoms with Gasteiger partial charge in [0.15, 0.2) is 0 Å². The predicted molar refractivity (Wildman–Crippen MR) is 83.5 cm³/mol. The van der Waals surface area contributed by atoms with Gasteiger partial charge in [-0.15, -0.1) is 0 Å². The van der Waals surface area contributed by atoms with Gasteiger partial charge in [-0.25, -0.2) is 4.39 Å². The summed E-state index contributed by atoms with van der Waals surface area (Å²) in [5.41, 5.74) is 1.94. The SMILES string of the molecule is COC(=O)C1CN(CCc2c[nH]c3ccc(F)cc23)CCC1=O. The van der Waals surface area contributed by atoms with Crippen molar-refractivity contribution in [2.24, 2.45) is 5.92 Å². The van der Waals surface area contributed by atoms with Gasteiger partial charge in [0.2, 0.25) is 0 Å². The first kappa shape index (κ1) is 15.7. The Hall–Kier alpha value is -2.21. The van der Waals surface area contributed by atoms with Gasteiger partial charge < -0.3 is 14.6 Å². The lowest BCUT2D eigenvalue weighted by atomic mass is 9.96. The van der Waals surface area contributed by atoms with Crippen LogP contribution in [0.5, 0.6) is 0 Å². The highest BCUT2D eigenvalue weighted by Crippen LogP contribution is 2.21. The number of rotatable bonds is 4. The van der Waals surface area contributed by atoms with Crippen LogP contribution in [0.1, 0.15) is 12.0 Å². The monoisotopic (exact) mass is 318 g/mol. The summed E-state index contributed by atoms with van der Waals surface area (Å²) in [6.45, 7) is 1.75. The molecule has 0 spiro atoms. The first-order chi connectivity index (χ1) is 11.1. The number of fused-ring (bicyclic) bond motifs is 1. The van der Waals surface area contributed by atoms with Gasteiger partial charge >= 0.3 is 5.97 Å². The molecule has 0 saturated carbocycles. The minimum absolute atomic E-state index is 0.0535. The molecule has 1 aliphatic rings. The fraction of sp³-hybridized carbons (Fsp3) is 0.412. The normalized spacial score (nSPS) is 19.2. The second-order valence-electron chi connectivity index (χ2n) is 5.85. The zero-order chi connectivity index (χ0) is 16.4. The summed E-state index contributed by atoms with van der Waals surface area (Å²) >= 11 is 0. The lowest BCUT2D eigenvalue weighted by molar-refractivity contribution is -0.151. The number of esters is 1. The van der Waals surface area contributed by atoms with Crippen molar-refractivity contribution in [1.29, 1.82) is 0 Å². The number of hydrogen-bond donors (Lipinski definition) is 1. The number of aromatic nitrogens is 1. The van der Waals surface area contributed by atoms with E-state index in [1.807, 2.05) is 6.20 Å². The van der Waals surface area contributed by atoms with Crippen molar-refractivity contribution in [2.45, 2.75) is 12.8 Å². The summed E-state index contributed by atoms with van der Waals surface area (Å²) in [5.74, 6) is -1.46. The number of hydrogen-bond acceptors (Lipinski definition) is 4. The smallest absolute Gasteiger partial charge is 0.317 e. The van der Waals surface area contributed by atoms with E-state index in [-0.39, 0.29) is 11.6 Å². The summed E-state index contributed by atoms with van der Waals surface area (Å²) < 4.78 is 18.1. The number of likely N-dealkylation sites (tertiary alicyclic amines) is 1. The van der Waals surface area contributed by atoms with Crippen molar-refractivity contribution in [3.05, 3.63) is 35.8 Å². The summed E-state index contributed by atoms with van der Waals surface area (Å²) in [5, 5.41) is 0.877. The van der Waals surface area contributed by atoms with Gasteiger partial charge in [0, 0.05) is 43.2 Å². The Morgan fingerprint density at radius 3 is 3.09 bits per heavy atom. The largest absolute Gasteiger partial charge is 0.468 e. The minimum Gasteiger partial charge on any atom is -0.468 e. The number of carbonyl (C=O) groups is 2. The van der Waals surface area contributed by atoms with Crippen LogP contribution in [-0.2, 0) is 20.7 Å². The van der Waals surface area contributed by atoms with E-state index in [9.17, 15) is 14.0 Å². The molecular weight excluding hydrogens is 299 g/mol. The maximum absolute atomic E-state index is 13.4. The van der Waals surface area contributed by atoms with Gasteiger partial charge in [0.1, 0.15) is 17.5 Å². The van der Waals surface area contributed by atoms with Gasteiger partial charge in [-0.05, 0) is 30.2 Å². The molecule has 1 unspecified atom stereocenters. The summed E-state index contributed by atoms with van der Waals surface area (Å²) in [7, 11) is 1.30. The van der Waals surface area contributed by atoms with E-state index in [1.54, 1.807) is 6.07 Å². The lowest BCUT2D eigenvalue weighted by Crippen LogP contribution is -2.45. The summed E-state index contributed by atoms with van der Waals surface area (Å²) in [6, 6.07) is 4.68. The van der Waals surface area contributed by atoms with Crippen LogP contribution in [0.15, 0.2) is 24.4 Å². The molecular formula is C17H19FN2O3. The number of Topliss-reactive ketones (excluding diaryl/α,β-unsaturated/α-hetero) is 1. The topological polar surface area (TPSA) is 62.4 Å². The van der Waals surface area contributed by atoms with Crippen LogP contribution in [0.2, 0.25) is 0 Å². The quantitative estimate of drug-likeness (QED) is 0.691. The maximum atomic E-state index is 13.4. The van der Waals surface area contributed by atoms with Gasteiger partial charge in [-0.3, -0.25) is 9.59 Å². The van der Waals surface area contributed by atoms with Gasteiger partial charge in [-0.1, -0.05) is 0 Å². The van der Waals surface area contributed by atoms with Crippen molar-refractivity contribution < 1.29 is 18.7 Å². The van der Waals surface area contributed by atoms with Crippen LogP contribution in [0.25, 0.3) is 10.9 Å². The highest BCUT2D eigenvalue weighted by Gasteiger charge is 2.33. The number of nitrogens with zero attached hydrogens (tertiary/aromatic N) is 1. The van der Waals surface area contributed by atoms with Crippen molar-refractivity contribution in [3.8, 4) is 0 Å². The first-order valence-electron chi connectivity index (χ1n) is 7.67. The van der Waals surface area contributed by atoms with E-state index >= 15 is 0 Å². The number of benzene rings is 1. The lowest BCUT2D eigenvalue weighted by Gasteiger charge is -2.30. The number of nitrogens with one attached hydrogen (secondary N) is 1. The molecule has 3 rings (SSSR count). The summed E-state index contributed by atoms with van der Waals surface area (Å²) in [4.78, 5) is 28.7. The third-order valence-electron chi connectivity index (χ3n) is 4.42. The maximum Gasteiger partial charge on any atom is 0.317 e. The molecule has 0 radical (unpaired) electrons. The molecule has 23 heavy (non-hydrogen) atoms. The molecule has 5 nitrogen and oxygen atoms in total. The van der Waals surface area contributed by atoms with E-state index < -0.39 is 11.9 Å². The Morgan fingerprint density at radius 1 is 1.48 bits per heavy atom. The van der Waals surface area contributed by atoms with Crippen LogP contribution in [0, 0.1) is 11.7 Å². The zero-order valence-electron chi connectivity index (χ0n) is 13.0. The Balaban J connectivity index is 1.66. The Kier molecular flexibility index (Phi) is 4.43. The van der Waals surface area contributed by atoms with Crippen LogP contribution in [-0.4, -0.2) is 48.4 Å². The van der Waals surface area contributed by atoms with E-state index in [4.69, 9.17) is 4.74 Å². The molecule has 1 atom stereocenters. The Bertz CT molecular complexity index is 733. The van der Waals surface area contributed by atoms with Crippen LogP contribution < -0.4 is 0 Å². The van der Waals surface area contributed by atoms with Gasteiger partial charge in [0.05, 0.1) is 7.11 Å². The molecule has 0 aliphatic carbocycles. The highest BCUT2D eigenvalue weighted by atomic mass is 19.1. The Morgan fingerprint density at radius 2 is 2.30 bits per heavy atom. The highest BCUT2D eigenvalue weighted by molar-refractivity contribution is 5.99. The third kappa shape index (κ3) is 3.27. The molecule has 1 aliphatic heterocycles. The van der Waals surface area contributed by atoms with Gasteiger partial charge in [-0.2, -0.15) is 0 Å². The third-order valence-corrected chi connectivity index (χ3v) is 4.42. The molecule has 6 heteroatoms. The number of H-pyrrole nitrogens is 1. The number of halogens is 1. The average Bonchev–Trinajstić information content (AvgIpc) is 2.95. The van der Waals surface area contributed by atoms with E-state index in [0.29, 0.717) is 26.1 Å². The van der Waals surface area contributed by atoms with Crippen LogP contribution in [0.3, 0.4) is 0 Å². The van der Waals surface area contributed by atoms with E-state index in [1.165, 1.54) is 19.2 Å². The van der Waals surface area contributed by atoms with Gasteiger partial charge in [0.25, 0.3) is 0 Å². The molecule has 0 amide bonds. The fourth-order valence-corrected chi connectivity index (χ4v) is 3.08. The number of ether oxygens (including phenoxy) is 1. The first-order valence-corrected chi connectivity index (χ1v) is 7.67. The molecule has 1 N–H and O–H groups in total. The van der Waals surface area contributed by atoms with Crippen molar-refractivity contribution >= 4 is 22.7 Å². The molecule has 2 heterocycles. The van der Waals surface area contributed by atoms with Crippen molar-refractivity contribution in [2.75, 3.05) is 26.7 Å². The average molecular weight is 318 g/mol. The molecule has 0 bridgehead atoms. The summed E-state index contributed by atoms with van der Waals surface area (Å²) in [6.07, 6.45) is 2.98. The second kappa shape index (κ2) is 6.50. The predicted octanol–water partition coefficient (Wildman–Crippen LogP) is 1.91. The molecule has 2 aromatic rings. The molecule has 1 aromatic carbocycles. The van der Waals surface area contributed by atoms with Crippen LogP contribution >= 0.6 is 0 Å². The van der Waals surface area contributed by atoms with Crippen molar-refractivity contribution in [1.82, 2.24) is 9.88 Å². The number of carbonyl (C=O) groups excluding carboxylic acids is 2. The minimum atomic E-state index is -0.686. The number of piperidine rings is 1. The number of methoxy groups -OCH3 is 1.